The van der Waals surface area contributed by atoms with Crippen LogP contribution >= 0.6 is 23.2 Å². The number of halogens is 3. The second-order valence-corrected chi connectivity index (χ2v) is 9.03. The van der Waals surface area contributed by atoms with Crippen molar-refractivity contribution in [1.29, 1.82) is 0 Å². The zero-order valence-corrected chi connectivity index (χ0v) is 19.3. The van der Waals surface area contributed by atoms with Crippen LogP contribution in [0.25, 0.3) is 0 Å². The van der Waals surface area contributed by atoms with Crippen molar-refractivity contribution in [3.63, 3.8) is 0 Å². The van der Waals surface area contributed by atoms with E-state index in [0.717, 1.165) is 17.7 Å². The van der Waals surface area contributed by atoms with Gasteiger partial charge in [0.25, 0.3) is 5.91 Å². The van der Waals surface area contributed by atoms with E-state index in [2.05, 4.69) is 11.5 Å². The third-order valence-electron chi connectivity index (χ3n) is 6.11. The number of hydrogen-bond donors (Lipinski definition) is 1. The van der Waals surface area contributed by atoms with Gasteiger partial charge < -0.3 is 0 Å². The molecule has 0 saturated carbocycles. The molecule has 0 spiro atoms. The summed E-state index contributed by atoms with van der Waals surface area (Å²) in [6, 6.07) is 19.0. The van der Waals surface area contributed by atoms with Crippen LogP contribution in [0.1, 0.15) is 24.1 Å². The molecule has 5 nitrogen and oxygen atoms in total. The van der Waals surface area contributed by atoms with Gasteiger partial charge in [0.1, 0.15) is 11.5 Å². The molecule has 1 amide bonds. The summed E-state index contributed by atoms with van der Waals surface area (Å²) in [7, 11) is 0. The van der Waals surface area contributed by atoms with Crippen molar-refractivity contribution in [2.45, 2.75) is 19.4 Å². The number of carbonyl (C=O) groups excluding carboxylic acids is 1. The molecule has 0 aromatic heterocycles. The maximum Gasteiger partial charge on any atom is 0.286 e. The Morgan fingerprint density at radius 1 is 1.06 bits per heavy atom. The predicted molar refractivity (Wildman–Crippen MR) is 130 cm³/mol. The summed E-state index contributed by atoms with van der Waals surface area (Å²) < 4.78 is 13.6. The van der Waals surface area contributed by atoms with Gasteiger partial charge in [0, 0.05) is 17.5 Å². The average Bonchev–Trinajstić information content (AvgIpc) is 3.36. The van der Waals surface area contributed by atoms with E-state index in [-0.39, 0.29) is 23.7 Å². The second kappa shape index (κ2) is 8.69. The summed E-state index contributed by atoms with van der Waals surface area (Å²) in [5.74, 6) is -0.883. The van der Waals surface area contributed by atoms with Crippen molar-refractivity contribution < 1.29 is 9.18 Å². The Kier molecular flexibility index (Phi) is 5.72. The number of rotatable bonds is 4. The van der Waals surface area contributed by atoms with Crippen LogP contribution in [0, 0.1) is 11.7 Å². The van der Waals surface area contributed by atoms with E-state index < -0.39 is 0 Å². The molecule has 168 valence electrons. The van der Waals surface area contributed by atoms with Crippen LogP contribution in [0.3, 0.4) is 0 Å². The maximum absolute atomic E-state index is 13.6. The van der Waals surface area contributed by atoms with E-state index in [1.807, 2.05) is 30.1 Å². The molecule has 3 aromatic rings. The van der Waals surface area contributed by atoms with Crippen LogP contribution in [0.5, 0.6) is 0 Å². The van der Waals surface area contributed by atoms with Crippen LogP contribution in [0.4, 0.5) is 15.8 Å². The largest absolute Gasteiger partial charge is 0.286 e. The Hall–Kier alpha value is -3.09. The number of anilines is 2. The highest BCUT2D eigenvalue weighted by Gasteiger charge is 2.40. The third-order valence-corrected chi connectivity index (χ3v) is 6.65. The lowest BCUT2D eigenvalue weighted by Gasteiger charge is -2.27. The summed E-state index contributed by atoms with van der Waals surface area (Å²) in [5, 5.41) is 9.20. The van der Waals surface area contributed by atoms with Crippen LogP contribution in [0.15, 0.2) is 71.8 Å². The Labute approximate surface area is 201 Å². The molecule has 0 bridgehead atoms. The average molecular weight is 483 g/mol. The third kappa shape index (κ3) is 4.05. The highest BCUT2D eigenvalue weighted by molar-refractivity contribution is 6.41. The first-order chi connectivity index (χ1) is 15.9. The van der Waals surface area contributed by atoms with Crippen LogP contribution in [-0.4, -0.2) is 18.2 Å². The zero-order chi connectivity index (χ0) is 23.1. The fourth-order valence-electron chi connectivity index (χ4n) is 4.48. The molecule has 0 radical (unpaired) electrons. The standard InChI is InChI=1S/C25H21Cl2FN4O/c1-15-23(25(33)30-31-13-12-16-4-2-3-5-21(16)31)29-32(22-11-8-18(26)14-20(22)27)24(15)17-6-9-19(28)10-7-17/h2-11,14-15,24H,12-13H2,1H3,(H,30,33)/t15-,24-/m1/s1. The van der Waals surface area contributed by atoms with E-state index in [4.69, 9.17) is 28.3 Å². The molecule has 5 rings (SSSR count). The van der Waals surface area contributed by atoms with E-state index >= 15 is 0 Å². The number of nitrogens with zero attached hydrogens (tertiary/aromatic N) is 3. The quantitative estimate of drug-likeness (QED) is 0.512. The summed E-state index contributed by atoms with van der Waals surface area (Å²) in [5.41, 5.74) is 7.01. The normalized spacial score (nSPS) is 19.5. The number of amides is 1. The lowest BCUT2D eigenvalue weighted by Crippen LogP contribution is -2.45. The van der Waals surface area contributed by atoms with Crippen molar-refractivity contribution in [1.82, 2.24) is 5.43 Å². The molecule has 2 atom stereocenters. The molecule has 0 saturated heterocycles. The zero-order valence-electron chi connectivity index (χ0n) is 17.8. The van der Waals surface area contributed by atoms with Gasteiger partial charge in [-0.3, -0.25) is 20.2 Å². The van der Waals surface area contributed by atoms with Gasteiger partial charge in [-0.15, -0.1) is 0 Å². The molecule has 2 aliphatic rings. The summed E-state index contributed by atoms with van der Waals surface area (Å²) >= 11 is 12.6. The van der Waals surface area contributed by atoms with Gasteiger partial charge in [-0.25, -0.2) is 4.39 Å². The highest BCUT2D eigenvalue weighted by atomic mass is 35.5. The molecule has 33 heavy (non-hydrogen) atoms. The molecule has 0 aliphatic carbocycles. The predicted octanol–water partition coefficient (Wildman–Crippen LogP) is 5.78. The number of hydrazine groups is 1. The molecule has 3 aromatic carbocycles. The van der Waals surface area contributed by atoms with E-state index in [1.165, 1.54) is 17.7 Å². The van der Waals surface area contributed by atoms with Gasteiger partial charge in [-0.05, 0) is 53.9 Å². The highest BCUT2D eigenvalue weighted by Crippen LogP contribution is 2.42. The number of para-hydroxylation sites is 1. The first kappa shape index (κ1) is 21.7. The molecular weight excluding hydrogens is 462 g/mol. The minimum atomic E-state index is -0.337. The Morgan fingerprint density at radius 3 is 2.58 bits per heavy atom. The van der Waals surface area contributed by atoms with Gasteiger partial charge >= 0.3 is 0 Å². The lowest BCUT2D eigenvalue weighted by atomic mass is 9.91. The molecule has 0 unspecified atom stereocenters. The van der Waals surface area contributed by atoms with E-state index in [0.29, 0.717) is 28.0 Å². The van der Waals surface area contributed by atoms with Crippen molar-refractivity contribution >= 4 is 46.2 Å². The van der Waals surface area contributed by atoms with E-state index in [9.17, 15) is 9.18 Å². The molecule has 2 heterocycles. The lowest BCUT2D eigenvalue weighted by molar-refractivity contribution is -0.115. The SMILES string of the molecule is C[C@@H]1C(C(=O)NN2CCc3ccccc32)=NN(c2ccc(Cl)cc2Cl)[C@H]1c1ccc(F)cc1. The van der Waals surface area contributed by atoms with Crippen LogP contribution in [0.2, 0.25) is 10.0 Å². The molecule has 1 N–H and O–H groups in total. The fraction of sp³-hybridized carbons (Fsp3) is 0.200. The van der Waals surface area contributed by atoms with Gasteiger partial charge in [0.15, 0.2) is 0 Å². The molecule has 0 fully saturated rings. The van der Waals surface area contributed by atoms with Crippen molar-refractivity contribution in [2.75, 3.05) is 16.6 Å². The first-order valence-electron chi connectivity index (χ1n) is 10.7. The second-order valence-electron chi connectivity index (χ2n) is 8.18. The van der Waals surface area contributed by atoms with Crippen molar-refractivity contribution in [3.05, 3.63) is 93.7 Å². The Bertz CT molecular complexity index is 1250. The van der Waals surface area contributed by atoms with Gasteiger partial charge in [0.05, 0.1) is 22.4 Å². The summed E-state index contributed by atoms with van der Waals surface area (Å²) in [4.78, 5) is 13.3. The van der Waals surface area contributed by atoms with Crippen molar-refractivity contribution in [2.24, 2.45) is 11.0 Å². The summed E-state index contributed by atoms with van der Waals surface area (Å²) in [6.45, 7) is 2.63. The van der Waals surface area contributed by atoms with E-state index in [1.54, 1.807) is 35.3 Å². The van der Waals surface area contributed by atoms with Gasteiger partial charge in [-0.1, -0.05) is 60.5 Å². The van der Waals surface area contributed by atoms with Crippen LogP contribution in [-0.2, 0) is 11.2 Å². The molecule has 2 aliphatic heterocycles. The smallest absolute Gasteiger partial charge is 0.285 e. The van der Waals surface area contributed by atoms with Gasteiger partial charge in [-0.2, -0.15) is 5.10 Å². The number of carbonyl (C=O) groups is 1. The Balaban J connectivity index is 1.49. The number of hydrogen-bond acceptors (Lipinski definition) is 4. The molecular formula is C25H21Cl2FN4O. The number of fused-ring (bicyclic) bond motifs is 1. The van der Waals surface area contributed by atoms with Crippen molar-refractivity contribution in [3.8, 4) is 0 Å². The monoisotopic (exact) mass is 482 g/mol. The minimum Gasteiger partial charge on any atom is -0.285 e. The topological polar surface area (TPSA) is 47.9 Å². The number of benzene rings is 3. The van der Waals surface area contributed by atoms with Crippen LogP contribution < -0.4 is 15.4 Å². The Morgan fingerprint density at radius 2 is 1.82 bits per heavy atom. The number of hydrazone groups is 1. The fourth-order valence-corrected chi connectivity index (χ4v) is 4.97. The minimum absolute atomic E-state index is 0.278. The first-order valence-corrected chi connectivity index (χ1v) is 11.4. The molecule has 8 heteroatoms. The maximum atomic E-state index is 13.6. The summed E-state index contributed by atoms with van der Waals surface area (Å²) in [6.07, 6.45) is 0.864. The number of nitrogens with one attached hydrogen (secondary N) is 1. The van der Waals surface area contributed by atoms with Gasteiger partial charge in [0.2, 0.25) is 0 Å².